The highest BCUT2D eigenvalue weighted by Gasteiger charge is 2.20. The number of carbonyl (C=O) groups excluding carboxylic acids is 1. The lowest BCUT2D eigenvalue weighted by Gasteiger charge is -2.17. The second kappa shape index (κ2) is 11.8. The maximum atomic E-state index is 12.7. The van der Waals surface area contributed by atoms with Crippen LogP contribution < -0.4 is 10.7 Å². The van der Waals surface area contributed by atoms with Crippen LogP contribution in [0.15, 0.2) is 89.3 Å². The Morgan fingerprint density at radius 1 is 1.00 bits per heavy atom. The van der Waals surface area contributed by atoms with Crippen LogP contribution in [0.4, 0.5) is 9.93 Å². The number of amides is 1. The summed E-state index contributed by atoms with van der Waals surface area (Å²) in [6, 6.07) is 26.0. The number of hydrogen-bond acceptors (Lipinski definition) is 6. The first kappa shape index (κ1) is 24.7. The van der Waals surface area contributed by atoms with Gasteiger partial charge in [0.15, 0.2) is 0 Å². The van der Waals surface area contributed by atoms with E-state index >= 15 is 0 Å². The molecule has 0 saturated heterocycles. The predicted molar refractivity (Wildman–Crippen MR) is 149 cm³/mol. The van der Waals surface area contributed by atoms with Gasteiger partial charge in [0.25, 0.3) is 0 Å². The van der Waals surface area contributed by atoms with E-state index in [1.54, 1.807) is 0 Å². The molecule has 0 radical (unpaired) electrons. The third kappa shape index (κ3) is 6.62. The average Bonchev–Trinajstić information content (AvgIpc) is 3.61. The molecule has 1 aliphatic carbocycles. The normalized spacial score (nSPS) is 13.6. The fraction of sp³-hybridized carbons (Fsp3) is 0.233. The molecule has 0 unspecified atom stereocenters. The Morgan fingerprint density at radius 3 is 2.51 bits per heavy atom. The number of fused-ring (bicyclic) bond motifs is 1. The third-order valence-corrected chi connectivity index (χ3v) is 7.27. The zero-order valence-electron chi connectivity index (χ0n) is 20.8. The van der Waals surface area contributed by atoms with Gasteiger partial charge in [-0.25, -0.2) is 9.78 Å². The van der Waals surface area contributed by atoms with Crippen LogP contribution >= 0.6 is 11.3 Å². The van der Waals surface area contributed by atoms with E-state index in [-0.39, 0.29) is 12.6 Å². The van der Waals surface area contributed by atoms with Gasteiger partial charge in [-0.15, -0.1) is 11.3 Å². The van der Waals surface area contributed by atoms with Crippen molar-refractivity contribution in [2.75, 3.05) is 5.43 Å². The molecule has 6 nitrogen and oxygen atoms in total. The lowest BCUT2D eigenvalue weighted by Crippen LogP contribution is -2.30. The molecular weight excluding hydrogens is 480 g/mol. The molecule has 188 valence electrons. The zero-order chi connectivity index (χ0) is 25.5. The highest BCUT2D eigenvalue weighted by atomic mass is 32.1. The summed E-state index contributed by atoms with van der Waals surface area (Å²) in [6.07, 6.45) is 3.67. The number of thiazole rings is 1. The molecule has 0 saturated carbocycles. The van der Waals surface area contributed by atoms with Crippen molar-refractivity contribution >= 4 is 28.3 Å². The molecule has 1 heterocycles. The van der Waals surface area contributed by atoms with Crippen molar-refractivity contribution in [3.8, 4) is 0 Å². The first-order valence-corrected chi connectivity index (χ1v) is 13.4. The standard InChI is InChI=1S/C30H30N4O2S/c1-21(25-16-15-24-13-8-14-26(24)18-25)33-34-29-31-28(20-37-29)27(17-22-9-4-2-5-10-22)32-30(35)36-19-23-11-6-3-7-12-23/h2-7,9-12,15-16,18,20,27H,8,13-14,17,19H2,1H3,(H,31,34)(H,32,35)/b33-21+/t27-/m0/s1. The van der Waals surface area contributed by atoms with E-state index in [1.165, 1.54) is 35.3 Å². The van der Waals surface area contributed by atoms with Gasteiger partial charge in [-0.1, -0.05) is 72.8 Å². The number of aromatic nitrogens is 1. The molecule has 1 atom stereocenters. The van der Waals surface area contributed by atoms with Crippen molar-refractivity contribution in [1.82, 2.24) is 10.3 Å². The number of benzene rings is 3. The number of nitrogens with one attached hydrogen (secondary N) is 2. The average molecular weight is 511 g/mol. The van der Waals surface area contributed by atoms with Crippen LogP contribution in [0.2, 0.25) is 0 Å². The minimum absolute atomic E-state index is 0.214. The number of carbonyl (C=O) groups is 1. The highest BCUT2D eigenvalue weighted by molar-refractivity contribution is 7.13. The Balaban J connectivity index is 1.26. The van der Waals surface area contributed by atoms with E-state index in [2.05, 4.69) is 34.0 Å². The lowest BCUT2D eigenvalue weighted by atomic mass is 10.0. The Bertz CT molecular complexity index is 1370. The van der Waals surface area contributed by atoms with Crippen LogP contribution in [0.3, 0.4) is 0 Å². The number of nitrogens with zero attached hydrogens (tertiary/aromatic N) is 2. The van der Waals surface area contributed by atoms with Gasteiger partial charge in [-0.2, -0.15) is 5.10 Å². The van der Waals surface area contributed by atoms with Crippen LogP contribution in [0.25, 0.3) is 0 Å². The van der Waals surface area contributed by atoms with Crippen molar-refractivity contribution in [2.24, 2.45) is 5.10 Å². The van der Waals surface area contributed by atoms with Crippen LogP contribution in [0.5, 0.6) is 0 Å². The Kier molecular flexibility index (Phi) is 7.91. The van der Waals surface area contributed by atoms with Gasteiger partial charge in [0.2, 0.25) is 5.13 Å². The summed E-state index contributed by atoms with van der Waals surface area (Å²) in [5.74, 6) is 0. The van der Waals surface area contributed by atoms with Gasteiger partial charge < -0.3 is 10.1 Å². The molecule has 7 heteroatoms. The summed E-state index contributed by atoms with van der Waals surface area (Å²) in [5.41, 5.74) is 10.8. The van der Waals surface area contributed by atoms with Crippen LogP contribution in [0, 0.1) is 0 Å². The first-order chi connectivity index (χ1) is 18.1. The Morgan fingerprint density at radius 2 is 1.73 bits per heavy atom. The molecule has 37 heavy (non-hydrogen) atoms. The first-order valence-electron chi connectivity index (χ1n) is 12.5. The largest absolute Gasteiger partial charge is 0.445 e. The second-order valence-corrected chi connectivity index (χ2v) is 10.0. The third-order valence-electron chi connectivity index (χ3n) is 6.50. The van der Waals surface area contributed by atoms with Crippen LogP contribution in [0.1, 0.15) is 52.9 Å². The van der Waals surface area contributed by atoms with Gasteiger partial charge in [0.05, 0.1) is 17.4 Å². The van der Waals surface area contributed by atoms with Crippen molar-refractivity contribution in [3.63, 3.8) is 0 Å². The van der Waals surface area contributed by atoms with E-state index in [0.29, 0.717) is 11.6 Å². The predicted octanol–water partition coefficient (Wildman–Crippen LogP) is 6.68. The summed E-state index contributed by atoms with van der Waals surface area (Å²) < 4.78 is 5.47. The summed E-state index contributed by atoms with van der Waals surface area (Å²) in [7, 11) is 0. The van der Waals surface area contributed by atoms with Crippen LogP contribution in [-0.2, 0) is 30.6 Å². The molecule has 0 spiro atoms. The number of rotatable bonds is 9. The molecule has 1 aliphatic rings. The van der Waals surface area contributed by atoms with Gasteiger partial charge in [-0.05, 0) is 66.5 Å². The number of anilines is 1. The quantitative estimate of drug-likeness (QED) is 0.195. The minimum atomic E-state index is -0.474. The molecule has 1 amide bonds. The summed E-state index contributed by atoms with van der Waals surface area (Å²) in [6.45, 7) is 2.21. The van der Waals surface area contributed by atoms with Gasteiger partial charge in [0.1, 0.15) is 6.61 Å². The van der Waals surface area contributed by atoms with Crippen molar-refractivity contribution in [1.29, 1.82) is 0 Å². The molecule has 2 N–H and O–H groups in total. The summed E-state index contributed by atoms with van der Waals surface area (Å²) >= 11 is 1.46. The van der Waals surface area contributed by atoms with E-state index in [0.717, 1.165) is 34.5 Å². The van der Waals surface area contributed by atoms with Gasteiger partial charge in [0, 0.05) is 5.38 Å². The molecular formula is C30H30N4O2S. The van der Waals surface area contributed by atoms with Gasteiger partial charge >= 0.3 is 6.09 Å². The highest BCUT2D eigenvalue weighted by Crippen LogP contribution is 2.25. The monoisotopic (exact) mass is 510 g/mol. The van der Waals surface area contributed by atoms with Crippen molar-refractivity contribution in [2.45, 2.75) is 45.3 Å². The number of alkyl carbamates (subject to hydrolysis) is 1. The summed E-state index contributed by atoms with van der Waals surface area (Å²) in [5, 5.41) is 10.2. The minimum Gasteiger partial charge on any atom is -0.445 e. The SMILES string of the molecule is C/C(=N\Nc1nc([C@H](Cc2ccccc2)NC(=O)OCc2ccccc2)cs1)c1ccc2c(c1)CCC2. The Hall–Kier alpha value is -3.97. The molecule has 0 bridgehead atoms. The van der Waals surface area contributed by atoms with Crippen molar-refractivity contribution < 1.29 is 9.53 Å². The molecule has 0 aliphatic heterocycles. The van der Waals surface area contributed by atoms with E-state index in [4.69, 9.17) is 9.72 Å². The fourth-order valence-corrected chi connectivity index (χ4v) is 5.18. The van der Waals surface area contributed by atoms with E-state index in [9.17, 15) is 4.79 Å². The molecule has 1 aromatic heterocycles. The number of aryl methyl sites for hydroxylation is 2. The Labute approximate surface area is 221 Å². The molecule has 3 aromatic carbocycles. The number of hydrazone groups is 1. The molecule has 5 rings (SSSR count). The zero-order valence-corrected chi connectivity index (χ0v) is 21.6. The number of ether oxygens (including phenoxy) is 1. The fourth-order valence-electron chi connectivity index (χ4n) is 4.48. The topological polar surface area (TPSA) is 75.6 Å². The van der Waals surface area contributed by atoms with Crippen molar-refractivity contribution in [3.05, 3.63) is 118 Å². The van der Waals surface area contributed by atoms with E-state index < -0.39 is 6.09 Å². The van der Waals surface area contributed by atoms with E-state index in [1.807, 2.05) is 73.0 Å². The van der Waals surface area contributed by atoms with Gasteiger partial charge in [-0.3, -0.25) is 5.43 Å². The maximum Gasteiger partial charge on any atom is 0.408 e. The molecule has 0 fully saturated rings. The summed E-state index contributed by atoms with van der Waals surface area (Å²) in [4.78, 5) is 17.4. The molecule has 4 aromatic rings. The number of hydrogen-bond donors (Lipinski definition) is 2. The second-order valence-electron chi connectivity index (χ2n) is 9.17. The maximum absolute atomic E-state index is 12.7. The smallest absolute Gasteiger partial charge is 0.408 e. The van der Waals surface area contributed by atoms with Crippen LogP contribution in [-0.4, -0.2) is 16.8 Å². The lowest BCUT2D eigenvalue weighted by molar-refractivity contribution is 0.135.